The van der Waals surface area contributed by atoms with Gasteiger partial charge in [0.15, 0.2) is 0 Å². The monoisotopic (exact) mass is 260 g/mol. The van der Waals surface area contributed by atoms with Gasteiger partial charge in [-0.15, -0.1) is 0 Å². The van der Waals surface area contributed by atoms with Crippen LogP contribution in [0.4, 0.5) is 5.69 Å². The molecule has 0 bridgehead atoms. The standard InChI is InChI=1S/C8H9BrN2O3/c9-8-6(11(12)13)2-1-3-7(8)14-5-4-10/h1-3H,4-5,10H2. The number of benzene rings is 1. The maximum atomic E-state index is 10.5. The molecule has 5 nitrogen and oxygen atoms in total. The van der Waals surface area contributed by atoms with Crippen molar-refractivity contribution in [3.63, 3.8) is 0 Å². The molecule has 0 radical (unpaired) electrons. The number of ether oxygens (including phenoxy) is 1. The summed E-state index contributed by atoms with van der Waals surface area (Å²) in [6, 6.07) is 4.61. The molecule has 76 valence electrons. The van der Waals surface area contributed by atoms with Crippen molar-refractivity contribution in [3.05, 3.63) is 32.8 Å². The molecule has 0 aliphatic rings. The Morgan fingerprint density at radius 1 is 1.57 bits per heavy atom. The zero-order valence-corrected chi connectivity index (χ0v) is 8.86. The lowest BCUT2D eigenvalue weighted by Gasteiger charge is -2.06. The van der Waals surface area contributed by atoms with Crippen LogP contribution in [0.25, 0.3) is 0 Å². The molecule has 0 saturated carbocycles. The van der Waals surface area contributed by atoms with Crippen LogP contribution < -0.4 is 10.5 Å². The number of rotatable bonds is 4. The number of nitrogens with two attached hydrogens (primary N) is 1. The molecule has 0 spiro atoms. The van der Waals surface area contributed by atoms with Crippen molar-refractivity contribution in [1.29, 1.82) is 0 Å². The van der Waals surface area contributed by atoms with Gasteiger partial charge in [0, 0.05) is 12.6 Å². The van der Waals surface area contributed by atoms with E-state index >= 15 is 0 Å². The molecule has 0 unspecified atom stereocenters. The summed E-state index contributed by atoms with van der Waals surface area (Å²) in [5.74, 6) is 0.435. The Hall–Kier alpha value is -1.14. The number of nitro groups is 1. The minimum Gasteiger partial charge on any atom is -0.491 e. The average Bonchev–Trinajstić information content (AvgIpc) is 2.16. The normalized spacial score (nSPS) is 9.86. The molecular formula is C8H9BrN2O3. The molecule has 0 amide bonds. The highest BCUT2D eigenvalue weighted by Crippen LogP contribution is 2.33. The maximum Gasteiger partial charge on any atom is 0.287 e. The van der Waals surface area contributed by atoms with E-state index in [0.29, 0.717) is 23.4 Å². The summed E-state index contributed by atoms with van der Waals surface area (Å²) < 4.78 is 5.55. The van der Waals surface area contributed by atoms with Gasteiger partial charge < -0.3 is 10.5 Å². The van der Waals surface area contributed by atoms with Crippen molar-refractivity contribution in [2.45, 2.75) is 0 Å². The SMILES string of the molecule is NCCOc1cccc([N+](=O)[O-])c1Br. The number of hydrogen-bond donors (Lipinski definition) is 1. The zero-order chi connectivity index (χ0) is 10.6. The predicted octanol–water partition coefficient (Wildman–Crippen LogP) is 1.69. The first-order chi connectivity index (χ1) is 6.66. The van der Waals surface area contributed by atoms with E-state index in [4.69, 9.17) is 10.5 Å². The Kier molecular flexibility index (Phi) is 3.84. The smallest absolute Gasteiger partial charge is 0.287 e. The quantitative estimate of drug-likeness (QED) is 0.660. The van der Waals surface area contributed by atoms with Crippen LogP contribution in [0.3, 0.4) is 0 Å². The number of halogens is 1. The fourth-order valence-corrected chi connectivity index (χ4v) is 1.44. The summed E-state index contributed by atoms with van der Waals surface area (Å²) in [6.07, 6.45) is 0. The predicted molar refractivity (Wildman–Crippen MR) is 55.3 cm³/mol. The van der Waals surface area contributed by atoms with Gasteiger partial charge in [-0.2, -0.15) is 0 Å². The molecule has 0 fully saturated rings. The molecule has 0 aromatic heterocycles. The average molecular weight is 261 g/mol. The van der Waals surface area contributed by atoms with Gasteiger partial charge in [-0.25, -0.2) is 0 Å². The van der Waals surface area contributed by atoms with Crippen molar-refractivity contribution in [2.24, 2.45) is 5.73 Å². The second-order valence-corrected chi connectivity index (χ2v) is 3.28. The highest BCUT2D eigenvalue weighted by molar-refractivity contribution is 9.10. The second-order valence-electron chi connectivity index (χ2n) is 2.48. The Labute approximate surface area is 89.1 Å². The Morgan fingerprint density at radius 2 is 2.29 bits per heavy atom. The van der Waals surface area contributed by atoms with Gasteiger partial charge in [0.25, 0.3) is 5.69 Å². The largest absolute Gasteiger partial charge is 0.491 e. The van der Waals surface area contributed by atoms with E-state index in [1.807, 2.05) is 0 Å². The summed E-state index contributed by atoms with van der Waals surface area (Å²) in [6.45, 7) is 0.703. The Bertz CT molecular complexity index is 343. The molecule has 0 aliphatic heterocycles. The second kappa shape index (κ2) is 4.92. The molecular weight excluding hydrogens is 252 g/mol. The minimum absolute atomic E-state index is 0.0143. The molecule has 0 saturated heterocycles. The van der Waals surface area contributed by atoms with Gasteiger partial charge in [-0.05, 0) is 22.0 Å². The van der Waals surface area contributed by atoms with E-state index in [1.54, 1.807) is 12.1 Å². The molecule has 14 heavy (non-hydrogen) atoms. The van der Waals surface area contributed by atoms with E-state index in [0.717, 1.165) is 0 Å². The molecule has 1 rings (SSSR count). The van der Waals surface area contributed by atoms with Crippen LogP contribution in [0.5, 0.6) is 5.75 Å². The van der Waals surface area contributed by atoms with Gasteiger partial charge in [0.1, 0.15) is 16.8 Å². The van der Waals surface area contributed by atoms with Crippen molar-refractivity contribution in [3.8, 4) is 5.75 Å². The molecule has 0 atom stereocenters. The van der Waals surface area contributed by atoms with E-state index < -0.39 is 4.92 Å². The van der Waals surface area contributed by atoms with Crippen LogP contribution in [0.15, 0.2) is 22.7 Å². The highest BCUT2D eigenvalue weighted by Gasteiger charge is 2.15. The molecule has 6 heteroatoms. The van der Waals surface area contributed by atoms with Crippen LogP contribution in [-0.2, 0) is 0 Å². The first kappa shape index (κ1) is 10.9. The van der Waals surface area contributed by atoms with Crippen molar-refractivity contribution >= 4 is 21.6 Å². The first-order valence-corrected chi connectivity index (χ1v) is 4.72. The topological polar surface area (TPSA) is 78.4 Å². The highest BCUT2D eigenvalue weighted by atomic mass is 79.9. The maximum absolute atomic E-state index is 10.5. The summed E-state index contributed by atoms with van der Waals surface area (Å²) in [5.41, 5.74) is 5.24. The van der Waals surface area contributed by atoms with E-state index in [1.165, 1.54) is 6.07 Å². The lowest BCUT2D eigenvalue weighted by Crippen LogP contribution is -2.10. The van der Waals surface area contributed by atoms with Crippen LogP contribution in [0.2, 0.25) is 0 Å². The molecule has 0 aliphatic carbocycles. The fraction of sp³-hybridized carbons (Fsp3) is 0.250. The molecule has 2 N–H and O–H groups in total. The summed E-state index contributed by atoms with van der Waals surface area (Å²) >= 11 is 3.10. The van der Waals surface area contributed by atoms with Crippen LogP contribution >= 0.6 is 15.9 Å². The van der Waals surface area contributed by atoms with Gasteiger partial charge in [0.2, 0.25) is 0 Å². The fourth-order valence-electron chi connectivity index (χ4n) is 0.921. The zero-order valence-electron chi connectivity index (χ0n) is 7.27. The van der Waals surface area contributed by atoms with E-state index in [-0.39, 0.29) is 5.69 Å². The van der Waals surface area contributed by atoms with Gasteiger partial charge in [-0.1, -0.05) is 6.07 Å². The number of nitrogens with zero attached hydrogens (tertiary/aromatic N) is 1. The van der Waals surface area contributed by atoms with Gasteiger partial charge in [0.05, 0.1) is 4.92 Å². The third kappa shape index (κ3) is 2.43. The van der Waals surface area contributed by atoms with Gasteiger partial charge >= 0.3 is 0 Å². The van der Waals surface area contributed by atoms with E-state index in [2.05, 4.69) is 15.9 Å². The number of hydrogen-bond acceptors (Lipinski definition) is 4. The van der Waals surface area contributed by atoms with Crippen LogP contribution in [0, 0.1) is 10.1 Å². The van der Waals surface area contributed by atoms with Crippen molar-refractivity contribution < 1.29 is 9.66 Å². The third-order valence-electron chi connectivity index (χ3n) is 1.52. The lowest BCUT2D eigenvalue weighted by atomic mass is 10.3. The lowest BCUT2D eigenvalue weighted by molar-refractivity contribution is -0.385. The van der Waals surface area contributed by atoms with Crippen LogP contribution in [-0.4, -0.2) is 18.1 Å². The first-order valence-electron chi connectivity index (χ1n) is 3.92. The third-order valence-corrected chi connectivity index (χ3v) is 2.31. The van der Waals surface area contributed by atoms with Crippen LogP contribution in [0.1, 0.15) is 0 Å². The summed E-state index contributed by atoms with van der Waals surface area (Å²) in [4.78, 5) is 10.1. The summed E-state index contributed by atoms with van der Waals surface area (Å²) in [7, 11) is 0. The van der Waals surface area contributed by atoms with Gasteiger partial charge in [-0.3, -0.25) is 10.1 Å². The number of nitro benzene ring substituents is 1. The molecule has 1 aromatic rings. The van der Waals surface area contributed by atoms with Crippen molar-refractivity contribution in [1.82, 2.24) is 0 Å². The summed E-state index contributed by atoms with van der Waals surface area (Å²) in [5, 5.41) is 10.5. The Morgan fingerprint density at radius 3 is 2.86 bits per heavy atom. The minimum atomic E-state index is -0.473. The van der Waals surface area contributed by atoms with E-state index in [9.17, 15) is 10.1 Å². The molecule has 1 aromatic carbocycles. The Balaban J connectivity index is 2.95. The molecule has 0 heterocycles. The van der Waals surface area contributed by atoms with Crippen molar-refractivity contribution in [2.75, 3.05) is 13.2 Å².